The number of carboxylic acids is 1. The fraction of sp³-hybridized carbons (Fsp3) is 0.423. The minimum Gasteiger partial charge on any atom is -0.481 e. The lowest BCUT2D eigenvalue weighted by Gasteiger charge is -2.55. The molecule has 0 spiro atoms. The molecule has 0 unspecified atom stereocenters. The van der Waals surface area contributed by atoms with E-state index in [1.807, 2.05) is 0 Å². The normalized spacial score (nSPS) is 22.4. The Kier molecular flexibility index (Phi) is 6.33. The van der Waals surface area contributed by atoms with Crippen molar-refractivity contribution in [1.82, 2.24) is 4.90 Å². The van der Waals surface area contributed by atoms with Crippen LogP contribution in [-0.2, 0) is 9.59 Å². The molecule has 2 aromatic rings. The molecule has 7 nitrogen and oxygen atoms in total. The van der Waals surface area contributed by atoms with Crippen LogP contribution in [0.4, 0.5) is 23.2 Å². The molecular weight excluding hydrogens is 496 g/mol. The first-order valence-corrected chi connectivity index (χ1v) is 12.1. The van der Waals surface area contributed by atoms with E-state index in [1.54, 1.807) is 11.0 Å². The van der Waals surface area contributed by atoms with Crippen LogP contribution in [0, 0.1) is 11.7 Å². The number of carboxylic acid groups (broad SMARTS) is 1. The number of benzene rings is 2. The van der Waals surface area contributed by atoms with E-state index >= 15 is 0 Å². The van der Waals surface area contributed by atoms with Crippen LogP contribution in [0.2, 0.25) is 0 Å². The molecule has 0 radical (unpaired) electrons. The lowest BCUT2D eigenvalue weighted by atomic mass is 9.67. The van der Waals surface area contributed by atoms with Crippen LogP contribution in [0.1, 0.15) is 60.5 Å². The Hall–Kier alpha value is -3.63. The van der Waals surface area contributed by atoms with E-state index in [1.165, 1.54) is 29.2 Å². The second-order valence-electron chi connectivity index (χ2n) is 9.63. The number of ether oxygens (including phenoxy) is 1. The standard InChI is InChI=1S/C26H24F4N2O5/c27-15-3-8-19-21(13-15)32(25(36)14-1-6-17(7-2-14)37-26(28,29)30)20-10-9-18(20)24(19)31(16-4-5-16)22(33)11-12-23(34)35/h1-3,6-8,13,16,18,20,24H,4-5,9-12H2,(H,34,35)/t18-,20+,24-/m0/s1. The van der Waals surface area contributed by atoms with Gasteiger partial charge in [-0.3, -0.25) is 14.4 Å². The zero-order valence-corrected chi connectivity index (χ0v) is 19.6. The van der Waals surface area contributed by atoms with Gasteiger partial charge in [-0.1, -0.05) is 6.07 Å². The average Bonchev–Trinajstić information content (AvgIpc) is 3.63. The number of hydrogen-bond acceptors (Lipinski definition) is 4. The number of amides is 2. The van der Waals surface area contributed by atoms with Crippen molar-refractivity contribution in [3.63, 3.8) is 0 Å². The van der Waals surface area contributed by atoms with Crippen molar-refractivity contribution in [1.29, 1.82) is 0 Å². The Morgan fingerprint density at radius 3 is 2.27 bits per heavy atom. The third-order valence-corrected chi connectivity index (χ3v) is 7.23. The molecule has 11 heteroatoms. The summed E-state index contributed by atoms with van der Waals surface area (Å²) in [7, 11) is 0. The van der Waals surface area contributed by atoms with Crippen molar-refractivity contribution in [2.75, 3.05) is 4.90 Å². The highest BCUT2D eigenvalue weighted by Crippen LogP contribution is 2.54. The fourth-order valence-electron chi connectivity index (χ4n) is 5.42. The van der Waals surface area contributed by atoms with Crippen LogP contribution in [0.3, 0.4) is 0 Å². The molecule has 0 saturated heterocycles. The number of aliphatic carboxylic acids is 1. The van der Waals surface area contributed by atoms with Gasteiger partial charge in [0.2, 0.25) is 5.91 Å². The molecule has 0 aromatic heterocycles. The van der Waals surface area contributed by atoms with Crippen molar-refractivity contribution < 1.29 is 41.8 Å². The summed E-state index contributed by atoms with van der Waals surface area (Å²) in [5.74, 6) is -3.01. The summed E-state index contributed by atoms with van der Waals surface area (Å²) >= 11 is 0. The molecule has 196 valence electrons. The summed E-state index contributed by atoms with van der Waals surface area (Å²) in [5, 5.41) is 9.06. The number of anilines is 1. The summed E-state index contributed by atoms with van der Waals surface area (Å²) in [6, 6.07) is 7.83. The molecule has 3 aliphatic rings. The minimum atomic E-state index is -4.86. The third kappa shape index (κ3) is 4.99. The van der Waals surface area contributed by atoms with Gasteiger partial charge in [-0.05, 0) is 67.6 Å². The second-order valence-corrected chi connectivity index (χ2v) is 9.63. The Morgan fingerprint density at radius 2 is 1.70 bits per heavy atom. The highest BCUT2D eigenvalue weighted by molar-refractivity contribution is 6.07. The molecule has 5 rings (SSSR count). The molecule has 1 heterocycles. The summed E-state index contributed by atoms with van der Waals surface area (Å²) in [5.41, 5.74) is 1.02. The molecule has 1 aliphatic heterocycles. The predicted octanol–water partition coefficient (Wildman–Crippen LogP) is 5.06. The first-order valence-electron chi connectivity index (χ1n) is 12.1. The van der Waals surface area contributed by atoms with Crippen LogP contribution >= 0.6 is 0 Å². The summed E-state index contributed by atoms with van der Waals surface area (Å²) in [4.78, 5) is 41.0. The minimum absolute atomic E-state index is 0.0334. The van der Waals surface area contributed by atoms with Gasteiger partial charge in [0.1, 0.15) is 11.6 Å². The smallest absolute Gasteiger partial charge is 0.481 e. The van der Waals surface area contributed by atoms with Crippen LogP contribution in [0.5, 0.6) is 5.75 Å². The molecule has 0 bridgehead atoms. The average molecular weight is 520 g/mol. The number of fused-ring (bicyclic) bond motifs is 2. The highest BCUT2D eigenvalue weighted by Gasteiger charge is 2.53. The van der Waals surface area contributed by atoms with Gasteiger partial charge >= 0.3 is 12.3 Å². The molecule has 1 N–H and O–H groups in total. The van der Waals surface area contributed by atoms with E-state index in [0.717, 1.165) is 25.0 Å². The van der Waals surface area contributed by atoms with Gasteiger partial charge in [0.25, 0.3) is 5.91 Å². The first-order chi connectivity index (χ1) is 17.5. The molecule has 2 aliphatic carbocycles. The second kappa shape index (κ2) is 9.35. The highest BCUT2D eigenvalue weighted by atomic mass is 19.4. The maximum atomic E-state index is 14.4. The maximum absolute atomic E-state index is 14.4. The first kappa shape index (κ1) is 25.0. The zero-order valence-electron chi connectivity index (χ0n) is 19.6. The number of rotatable bonds is 7. The Bertz CT molecular complexity index is 1230. The molecule has 2 fully saturated rings. The van der Waals surface area contributed by atoms with E-state index in [9.17, 15) is 31.9 Å². The van der Waals surface area contributed by atoms with Crippen molar-refractivity contribution in [3.05, 3.63) is 59.4 Å². The predicted molar refractivity (Wildman–Crippen MR) is 122 cm³/mol. The van der Waals surface area contributed by atoms with E-state index in [-0.39, 0.29) is 42.3 Å². The van der Waals surface area contributed by atoms with Crippen molar-refractivity contribution in [3.8, 4) is 5.75 Å². The van der Waals surface area contributed by atoms with Gasteiger partial charge in [0, 0.05) is 30.0 Å². The van der Waals surface area contributed by atoms with Crippen molar-refractivity contribution >= 4 is 23.5 Å². The third-order valence-electron chi connectivity index (χ3n) is 7.23. The lowest BCUT2D eigenvalue weighted by Crippen LogP contribution is -2.59. The molecule has 37 heavy (non-hydrogen) atoms. The van der Waals surface area contributed by atoms with Crippen LogP contribution in [0.15, 0.2) is 42.5 Å². The number of nitrogens with zero attached hydrogens (tertiary/aromatic N) is 2. The number of carbonyl (C=O) groups is 3. The molecular formula is C26H24F4N2O5. The largest absolute Gasteiger partial charge is 0.573 e. The van der Waals surface area contributed by atoms with E-state index in [2.05, 4.69) is 4.74 Å². The Morgan fingerprint density at radius 1 is 1.00 bits per heavy atom. The van der Waals surface area contributed by atoms with Crippen LogP contribution in [0.25, 0.3) is 0 Å². The SMILES string of the molecule is O=C(O)CCC(=O)N(C1CC1)[C@@H]1c2ccc(F)cc2N(C(=O)c2ccc(OC(F)(F)F)cc2)[C@@H]2CC[C@@H]21. The maximum Gasteiger partial charge on any atom is 0.573 e. The zero-order chi connectivity index (χ0) is 26.5. The fourth-order valence-corrected chi connectivity index (χ4v) is 5.42. The summed E-state index contributed by atoms with van der Waals surface area (Å²) in [6.07, 6.45) is -2.40. The number of hydrogen-bond donors (Lipinski definition) is 1. The molecule has 2 saturated carbocycles. The van der Waals surface area contributed by atoms with Gasteiger partial charge in [0.15, 0.2) is 0 Å². The van der Waals surface area contributed by atoms with E-state index in [4.69, 9.17) is 5.11 Å². The van der Waals surface area contributed by atoms with E-state index < -0.39 is 35.8 Å². The molecule has 2 aromatic carbocycles. The number of carbonyl (C=O) groups excluding carboxylic acids is 2. The van der Waals surface area contributed by atoms with Gasteiger partial charge in [-0.2, -0.15) is 0 Å². The van der Waals surface area contributed by atoms with Gasteiger partial charge in [0.05, 0.1) is 18.2 Å². The van der Waals surface area contributed by atoms with Crippen molar-refractivity contribution in [2.24, 2.45) is 5.92 Å². The summed E-state index contributed by atoms with van der Waals surface area (Å²) < 4.78 is 55.9. The Balaban J connectivity index is 1.49. The number of halogens is 4. The van der Waals surface area contributed by atoms with Gasteiger partial charge in [-0.25, -0.2) is 4.39 Å². The number of alkyl halides is 3. The lowest BCUT2D eigenvalue weighted by molar-refractivity contribution is -0.274. The van der Waals surface area contributed by atoms with Crippen LogP contribution in [-0.4, -0.2) is 46.2 Å². The van der Waals surface area contributed by atoms with Gasteiger partial charge < -0.3 is 19.6 Å². The van der Waals surface area contributed by atoms with Gasteiger partial charge in [-0.15, -0.1) is 13.2 Å². The van der Waals surface area contributed by atoms with Crippen molar-refractivity contribution in [2.45, 2.75) is 63.0 Å². The summed E-state index contributed by atoms with van der Waals surface area (Å²) in [6.45, 7) is 0. The molecule has 3 atom stereocenters. The topological polar surface area (TPSA) is 87.2 Å². The van der Waals surface area contributed by atoms with E-state index in [0.29, 0.717) is 24.1 Å². The quantitative estimate of drug-likeness (QED) is 0.516. The Labute approximate surface area is 209 Å². The molecule has 2 amide bonds. The monoisotopic (exact) mass is 520 g/mol. The van der Waals surface area contributed by atoms with Crippen LogP contribution < -0.4 is 9.64 Å².